The van der Waals surface area contributed by atoms with Crippen molar-refractivity contribution in [3.05, 3.63) is 37.1 Å². The Labute approximate surface area is 167 Å². The number of benzene rings is 1. The van der Waals surface area contributed by atoms with Crippen molar-refractivity contribution in [1.29, 1.82) is 0 Å². The maximum Gasteiger partial charge on any atom is 0.303 e. The number of carboxylic acid groups (broad SMARTS) is 1. The summed E-state index contributed by atoms with van der Waals surface area (Å²) in [6.07, 6.45) is 3.52. The van der Waals surface area contributed by atoms with Crippen LogP contribution in [0, 0.1) is 3.95 Å². The Balaban J connectivity index is 1.69. The fraction of sp³-hybridized carbons (Fsp3) is 0.222. The molecule has 0 spiro atoms. The Kier molecular flexibility index (Phi) is 4.73. The SMILES string of the molecule is O=C(O)CCCn1c(O)c(/C=C2\C=c3cc4c(cc3=NC2=O)OCO4)sc1=S. The van der Waals surface area contributed by atoms with Crippen LogP contribution in [0.2, 0.25) is 0 Å². The lowest BCUT2D eigenvalue weighted by Gasteiger charge is -2.05. The summed E-state index contributed by atoms with van der Waals surface area (Å²) in [4.78, 5) is 27.6. The Hall–Kier alpha value is -2.98. The van der Waals surface area contributed by atoms with Crippen LogP contribution in [0.5, 0.6) is 17.4 Å². The van der Waals surface area contributed by atoms with Crippen LogP contribution < -0.4 is 20.0 Å². The molecular weight excluding hydrogens is 404 g/mol. The highest BCUT2D eigenvalue weighted by Gasteiger charge is 2.19. The van der Waals surface area contributed by atoms with Crippen molar-refractivity contribution in [3.63, 3.8) is 0 Å². The molecule has 3 heterocycles. The number of aromatic nitrogens is 1. The number of ether oxygens (including phenoxy) is 2. The summed E-state index contributed by atoms with van der Waals surface area (Å²) >= 11 is 6.39. The first-order chi connectivity index (χ1) is 13.4. The lowest BCUT2D eigenvalue weighted by Crippen LogP contribution is -2.30. The second-order valence-electron chi connectivity index (χ2n) is 6.13. The van der Waals surface area contributed by atoms with E-state index < -0.39 is 11.9 Å². The Morgan fingerprint density at radius 1 is 1.36 bits per heavy atom. The van der Waals surface area contributed by atoms with Gasteiger partial charge in [0.1, 0.15) is 0 Å². The molecule has 0 saturated heterocycles. The van der Waals surface area contributed by atoms with E-state index in [0.29, 0.717) is 42.9 Å². The number of carboxylic acids is 1. The molecule has 8 nitrogen and oxygen atoms in total. The summed E-state index contributed by atoms with van der Waals surface area (Å²) < 4.78 is 12.5. The van der Waals surface area contributed by atoms with Crippen molar-refractivity contribution < 1.29 is 29.3 Å². The van der Waals surface area contributed by atoms with Crippen molar-refractivity contribution in [2.75, 3.05) is 6.79 Å². The highest BCUT2D eigenvalue weighted by atomic mass is 32.1. The van der Waals surface area contributed by atoms with Crippen molar-refractivity contribution in [2.45, 2.75) is 19.4 Å². The van der Waals surface area contributed by atoms with Crippen LogP contribution >= 0.6 is 23.6 Å². The third kappa shape index (κ3) is 3.43. The fourth-order valence-corrected chi connectivity index (χ4v) is 4.21. The molecule has 2 aromatic rings. The molecule has 1 amide bonds. The molecule has 2 aliphatic heterocycles. The highest BCUT2D eigenvalue weighted by molar-refractivity contribution is 7.73. The minimum Gasteiger partial charge on any atom is -0.493 e. The molecule has 0 fully saturated rings. The number of aromatic hydroxyl groups is 1. The van der Waals surface area contributed by atoms with E-state index in [4.69, 9.17) is 26.8 Å². The van der Waals surface area contributed by atoms with Gasteiger partial charge in [0.2, 0.25) is 12.7 Å². The third-order valence-corrected chi connectivity index (χ3v) is 5.64. The number of thiazole rings is 1. The second-order valence-corrected chi connectivity index (χ2v) is 7.81. The number of aliphatic carboxylic acids is 1. The normalized spacial score (nSPS) is 15.9. The zero-order chi connectivity index (χ0) is 19.8. The monoisotopic (exact) mass is 418 g/mol. The molecule has 0 aliphatic carbocycles. The molecule has 1 aromatic heterocycles. The van der Waals surface area contributed by atoms with Crippen molar-refractivity contribution in [1.82, 2.24) is 4.57 Å². The summed E-state index contributed by atoms with van der Waals surface area (Å²) in [7, 11) is 0. The molecule has 0 bridgehead atoms. The van der Waals surface area contributed by atoms with Gasteiger partial charge in [-0.1, -0.05) is 0 Å². The molecule has 0 saturated carbocycles. The van der Waals surface area contributed by atoms with E-state index in [-0.39, 0.29) is 25.6 Å². The largest absolute Gasteiger partial charge is 0.493 e. The summed E-state index contributed by atoms with van der Waals surface area (Å²) in [5.74, 6) is -0.313. The summed E-state index contributed by atoms with van der Waals surface area (Å²) in [6.45, 7) is 0.409. The van der Waals surface area contributed by atoms with Gasteiger partial charge in [-0.2, -0.15) is 0 Å². The molecule has 0 radical (unpaired) electrons. The lowest BCUT2D eigenvalue weighted by molar-refractivity contribution is -0.137. The van der Waals surface area contributed by atoms with Gasteiger partial charge in [-0.25, -0.2) is 4.99 Å². The standard InChI is InChI=1S/C18H14N2O6S2/c21-15(22)2-1-3-20-17(24)14(28-18(20)27)6-10-4-9-5-12-13(26-8-25-12)7-11(9)19-16(10)23/h4-7,24H,1-3,8H2,(H,21,22)/b10-6+. The maximum absolute atomic E-state index is 12.4. The van der Waals surface area contributed by atoms with E-state index in [0.717, 1.165) is 11.3 Å². The van der Waals surface area contributed by atoms with Crippen LogP contribution in [0.15, 0.2) is 22.7 Å². The molecule has 0 atom stereocenters. The number of carbonyl (C=O) groups is 2. The first kappa shape index (κ1) is 18.4. The van der Waals surface area contributed by atoms with Gasteiger partial charge in [-0.3, -0.25) is 14.2 Å². The Bertz CT molecular complexity index is 1210. The predicted octanol–water partition coefficient (Wildman–Crippen LogP) is 1.60. The molecule has 4 rings (SSSR count). The second kappa shape index (κ2) is 7.21. The molecule has 28 heavy (non-hydrogen) atoms. The highest BCUT2D eigenvalue weighted by Crippen LogP contribution is 2.30. The number of fused-ring (bicyclic) bond motifs is 2. The number of amides is 1. The van der Waals surface area contributed by atoms with Gasteiger partial charge in [-0.05, 0) is 36.9 Å². The fourth-order valence-electron chi connectivity index (χ4n) is 2.90. The van der Waals surface area contributed by atoms with Gasteiger partial charge in [0.15, 0.2) is 15.5 Å². The minimum absolute atomic E-state index is 0.0223. The summed E-state index contributed by atoms with van der Waals surface area (Å²) in [5, 5.41) is 20.4. The van der Waals surface area contributed by atoms with Crippen LogP contribution in [0.25, 0.3) is 12.2 Å². The van der Waals surface area contributed by atoms with E-state index in [1.807, 2.05) is 0 Å². The number of carbonyl (C=O) groups excluding carboxylic acids is 1. The van der Waals surface area contributed by atoms with E-state index in [9.17, 15) is 14.7 Å². The van der Waals surface area contributed by atoms with E-state index in [1.54, 1.807) is 18.2 Å². The molecule has 2 N–H and O–H groups in total. The van der Waals surface area contributed by atoms with E-state index in [1.165, 1.54) is 10.6 Å². The molecule has 144 valence electrons. The van der Waals surface area contributed by atoms with Crippen LogP contribution in [-0.2, 0) is 16.1 Å². The van der Waals surface area contributed by atoms with Crippen molar-refractivity contribution in [2.24, 2.45) is 4.99 Å². The first-order valence-electron chi connectivity index (χ1n) is 8.33. The lowest BCUT2D eigenvalue weighted by atomic mass is 10.1. The van der Waals surface area contributed by atoms with Gasteiger partial charge in [0.05, 0.1) is 10.2 Å². The molecule has 10 heteroatoms. The van der Waals surface area contributed by atoms with Gasteiger partial charge in [-0.15, -0.1) is 11.3 Å². The topological polar surface area (TPSA) is 110 Å². The average Bonchev–Trinajstić information content (AvgIpc) is 3.19. The Morgan fingerprint density at radius 2 is 2.11 bits per heavy atom. The number of nitrogens with zero attached hydrogens (tertiary/aromatic N) is 2. The van der Waals surface area contributed by atoms with Crippen LogP contribution in [-0.4, -0.2) is 33.4 Å². The van der Waals surface area contributed by atoms with Crippen LogP contribution in [0.3, 0.4) is 0 Å². The van der Waals surface area contributed by atoms with Crippen molar-refractivity contribution >= 4 is 47.6 Å². The van der Waals surface area contributed by atoms with E-state index >= 15 is 0 Å². The predicted molar refractivity (Wildman–Crippen MR) is 102 cm³/mol. The average molecular weight is 418 g/mol. The number of rotatable bonds is 5. The molecule has 1 aromatic carbocycles. The zero-order valence-corrected chi connectivity index (χ0v) is 16.0. The number of hydrogen-bond acceptors (Lipinski definition) is 7. The zero-order valence-electron chi connectivity index (χ0n) is 14.4. The molecule has 0 unspecified atom stereocenters. The van der Waals surface area contributed by atoms with Gasteiger partial charge in [0.25, 0.3) is 5.91 Å². The third-order valence-electron chi connectivity index (χ3n) is 4.25. The first-order valence-corrected chi connectivity index (χ1v) is 9.55. The summed E-state index contributed by atoms with van der Waals surface area (Å²) in [5.41, 5.74) is 0.301. The number of hydrogen-bond donors (Lipinski definition) is 2. The van der Waals surface area contributed by atoms with E-state index in [2.05, 4.69) is 4.99 Å². The van der Waals surface area contributed by atoms with Crippen molar-refractivity contribution in [3.8, 4) is 17.4 Å². The maximum atomic E-state index is 12.4. The van der Waals surface area contributed by atoms with Gasteiger partial charge < -0.3 is 19.7 Å². The van der Waals surface area contributed by atoms with Crippen LogP contribution in [0.4, 0.5) is 0 Å². The van der Waals surface area contributed by atoms with Crippen LogP contribution in [0.1, 0.15) is 17.7 Å². The quantitative estimate of drug-likeness (QED) is 0.561. The minimum atomic E-state index is -0.910. The molecular formula is C18H14N2O6S2. The molecule has 2 aliphatic rings. The van der Waals surface area contributed by atoms with Gasteiger partial charge >= 0.3 is 5.97 Å². The smallest absolute Gasteiger partial charge is 0.303 e. The Morgan fingerprint density at radius 3 is 2.86 bits per heavy atom. The summed E-state index contributed by atoms with van der Waals surface area (Å²) in [6, 6.07) is 3.41. The van der Waals surface area contributed by atoms with Gasteiger partial charge in [0, 0.05) is 29.8 Å².